The lowest BCUT2D eigenvalue weighted by Crippen LogP contribution is -2.45. The SMILES string of the molecule is CC(C)(C)OC(=O)N[C@H]1CO[C@H](c2nnc(C3(OC(F)(F)F)CCC3)o2)C2CC21. The summed E-state index contributed by atoms with van der Waals surface area (Å²) < 4.78 is 59.2. The number of ether oxygens (including phenoxy) is 3. The van der Waals surface area contributed by atoms with Gasteiger partial charge in [-0.15, -0.1) is 23.4 Å². The van der Waals surface area contributed by atoms with Crippen molar-refractivity contribution in [2.45, 2.75) is 76.2 Å². The number of carbonyl (C=O) groups is 1. The van der Waals surface area contributed by atoms with Crippen LogP contribution < -0.4 is 5.32 Å². The summed E-state index contributed by atoms with van der Waals surface area (Å²) in [5.74, 6) is 0.213. The van der Waals surface area contributed by atoms with Gasteiger partial charge in [0.1, 0.15) is 11.7 Å². The number of fused-ring (bicyclic) bond motifs is 1. The maximum absolute atomic E-state index is 12.8. The summed E-state index contributed by atoms with van der Waals surface area (Å²) >= 11 is 0. The third kappa shape index (κ3) is 4.35. The fourth-order valence-electron chi connectivity index (χ4n) is 3.98. The van der Waals surface area contributed by atoms with E-state index in [1.54, 1.807) is 20.8 Å². The largest absolute Gasteiger partial charge is 0.523 e. The highest BCUT2D eigenvalue weighted by Gasteiger charge is 2.56. The highest BCUT2D eigenvalue weighted by molar-refractivity contribution is 5.68. The van der Waals surface area contributed by atoms with Crippen molar-refractivity contribution in [3.8, 4) is 0 Å². The van der Waals surface area contributed by atoms with Crippen molar-refractivity contribution in [2.75, 3.05) is 6.61 Å². The van der Waals surface area contributed by atoms with E-state index in [9.17, 15) is 18.0 Å². The van der Waals surface area contributed by atoms with Crippen molar-refractivity contribution in [3.63, 3.8) is 0 Å². The van der Waals surface area contributed by atoms with E-state index in [0.717, 1.165) is 6.42 Å². The molecule has 3 fully saturated rings. The molecule has 1 amide bonds. The topological polar surface area (TPSA) is 95.7 Å². The van der Waals surface area contributed by atoms with E-state index in [2.05, 4.69) is 20.3 Å². The Balaban J connectivity index is 1.38. The summed E-state index contributed by atoms with van der Waals surface area (Å²) in [5.41, 5.74) is -2.19. The number of halogens is 3. The summed E-state index contributed by atoms with van der Waals surface area (Å²) in [6.45, 7) is 5.58. The second kappa shape index (κ2) is 6.83. The molecule has 4 atom stereocenters. The van der Waals surface area contributed by atoms with E-state index < -0.39 is 29.8 Å². The number of amides is 1. The van der Waals surface area contributed by atoms with E-state index >= 15 is 0 Å². The van der Waals surface area contributed by atoms with Crippen molar-refractivity contribution in [1.29, 1.82) is 0 Å². The maximum atomic E-state index is 12.8. The van der Waals surface area contributed by atoms with Crippen LogP contribution in [0.15, 0.2) is 4.42 Å². The Morgan fingerprint density at radius 3 is 2.52 bits per heavy atom. The zero-order chi connectivity index (χ0) is 21.0. The monoisotopic (exact) mass is 419 g/mol. The smallest absolute Gasteiger partial charge is 0.444 e. The van der Waals surface area contributed by atoms with Crippen LogP contribution in [0, 0.1) is 11.8 Å². The molecule has 162 valence electrons. The van der Waals surface area contributed by atoms with Gasteiger partial charge in [-0.1, -0.05) is 0 Å². The third-order valence-corrected chi connectivity index (χ3v) is 5.50. The lowest BCUT2D eigenvalue weighted by atomic mass is 9.80. The van der Waals surface area contributed by atoms with E-state index in [1.165, 1.54) is 0 Å². The average molecular weight is 419 g/mol. The van der Waals surface area contributed by atoms with Crippen LogP contribution in [0.4, 0.5) is 18.0 Å². The van der Waals surface area contributed by atoms with Gasteiger partial charge in [0.2, 0.25) is 11.8 Å². The van der Waals surface area contributed by atoms with Gasteiger partial charge in [0.15, 0.2) is 5.60 Å². The third-order valence-electron chi connectivity index (χ3n) is 5.50. The Labute approximate surface area is 165 Å². The second-order valence-electron chi connectivity index (χ2n) is 8.91. The number of nitrogens with zero attached hydrogens (tertiary/aromatic N) is 2. The van der Waals surface area contributed by atoms with Crippen LogP contribution in [-0.2, 0) is 19.8 Å². The second-order valence-corrected chi connectivity index (χ2v) is 8.91. The molecule has 3 aliphatic rings. The molecule has 1 aromatic rings. The molecule has 1 N–H and O–H groups in total. The fourth-order valence-corrected chi connectivity index (χ4v) is 3.98. The highest BCUT2D eigenvalue weighted by Crippen LogP contribution is 2.55. The van der Waals surface area contributed by atoms with Crippen LogP contribution in [0.5, 0.6) is 0 Å². The fraction of sp³-hybridized carbons (Fsp3) is 0.833. The van der Waals surface area contributed by atoms with Gasteiger partial charge in [0.25, 0.3) is 0 Å². The normalized spacial score (nSPS) is 30.8. The lowest BCUT2D eigenvalue weighted by molar-refractivity contribution is -0.387. The van der Waals surface area contributed by atoms with Gasteiger partial charge in [-0.25, -0.2) is 4.79 Å². The standard InChI is InChI=1S/C18H24F3N3O5/c1-16(2,3)28-15(25)22-11-8-26-12(10-7-9(10)11)13-23-24-14(27-13)17(5-4-6-17)29-18(19,20)21/h9-12H,4-8H2,1-3H3,(H,22,25)/t9?,10?,11-,12-/m0/s1. The van der Waals surface area contributed by atoms with Crippen molar-refractivity contribution in [2.24, 2.45) is 11.8 Å². The summed E-state index contributed by atoms with van der Waals surface area (Å²) in [6, 6.07) is -0.194. The zero-order valence-corrected chi connectivity index (χ0v) is 16.4. The molecule has 29 heavy (non-hydrogen) atoms. The Bertz CT molecular complexity index is 772. The maximum Gasteiger partial charge on any atom is 0.523 e. The first-order valence-corrected chi connectivity index (χ1v) is 9.68. The van der Waals surface area contributed by atoms with Crippen LogP contribution in [-0.4, -0.2) is 40.9 Å². The summed E-state index contributed by atoms with van der Waals surface area (Å²) in [5, 5.41) is 10.6. The summed E-state index contributed by atoms with van der Waals surface area (Å²) in [6.07, 6.45) is -4.06. The lowest BCUT2D eigenvalue weighted by Gasteiger charge is -2.38. The molecule has 0 spiro atoms. The molecule has 8 nitrogen and oxygen atoms in total. The minimum absolute atomic E-state index is 0.0536. The predicted molar refractivity (Wildman–Crippen MR) is 90.4 cm³/mol. The number of carbonyl (C=O) groups excluding carboxylic acids is 1. The van der Waals surface area contributed by atoms with Gasteiger partial charge in [0, 0.05) is 0 Å². The number of alkyl halides is 3. The summed E-state index contributed by atoms with van der Waals surface area (Å²) in [4.78, 5) is 12.0. The first-order chi connectivity index (χ1) is 13.5. The molecule has 0 radical (unpaired) electrons. The number of hydrogen-bond acceptors (Lipinski definition) is 7. The Hall–Kier alpha value is -1.88. The van der Waals surface area contributed by atoms with Crippen LogP contribution in [0.2, 0.25) is 0 Å². The minimum Gasteiger partial charge on any atom is -0.444 e. The Morgan fingerprint density at radius 1 is 1.21 bits per heavy atom. The van der Waals surface area contributed by atoms with Gasteiger partial charge in [-0.05, 0) is 58.3 Å². The molecule has 2 saturated carbocycles. The molecular weight excluding hydrogens is 395 g/mol. The van der Waals surface area contributed by atoms with Crippen molar-refractivity contribution >= 4 is 6.09 Å². The van der Waals surface area contributed by atoms with E-state index in [-0.39, 0.29) is 49.1 Å². The van der Waals surface area contributed by atoms with Crippen LogP contribution in [0.1, 0.15) is 64.3 Å². The molecule has 1 aliphatic heterocycles. The predicted octanol–water partition coefficient (Wildman–Crippen LogP) is 3.59. The molecule has 2 aliphatic carbocycles. The number of rotatable bonds is 4. The molecule has 0 aromatic carbocycles. The van der Waals surface area contributed by atoms with E-state index in [4.69, 9.17) is 13.9 Å². The van der Waals surface area contributed by atoms with Gasteiger partial charge in [0.05, 0.1) is 12.6 Å². The number of nitrogens with one attached hydrogen (secondary N) is 1. The summed E-state index contributed by atoms with van der Waals surface area (Å²) in [7, 11) is 0. The molecule has 1 saturated heterocycles. The van der Waals surface area contributed by atoms with Crippen LogP contribution in [0.3, 0.4) is 0 Å². The Kier molecular flexibility index (Phi) is 4.80. The highest BCUT2D eigenvalue weighted by atomic mass is 19.4. The molecule has 2 heterocycles. The van der Waals surface area contributed by atoms with E-state index in [1.807, 2.05) is 0 Å². The first-order valence-electron chi connectivity index (χ1n) is 9.68. The Morgan fingerprint density at radius 2 is 1.93 bits per heavy atom. The van der Waals surface area contributed by atoms with Gasteiger partial charge >= 0.3 is 12.5 Å². The quantitative estimate of drug-likeness (QED) is 0.797. The van der Waals surface area contributed by atoms with Gasteiger partial charge in [-0.2, -0.15) is 0 Å². The van der Waals surface area contributed by atoms with Gasteiger partial charge in [-0.3, -0.25) is 4.74 Å². The van der Waals surface area contributed by atoms with Crippen LogP contribution in [0.25, 0.3) is 0 Å². The minimum atomic E-state index is -4.78. The first kappa shape index (κ1) is 20.4. The molecule has 1 aromatic heterocycles. The molecule has 0 bridgehead atoms. The van der Waals surface area contributed by atoms with E-state index in [0.29, 0.717) is 6.42 Å². The zero-order valence-electron chi connectivity index (χ0n) is 16.4. The molecule has 11 heteroatoms. The number of hydrogen-bond donors (Lipinski definition) is 1. The van der Waals surface area contributed by atoms with Crippen molar-refractivity contribution in [1.82, 2.24) is 15.5 Å². The van der Waals surface area contributed by atoms with Gasteiger partial charge < -0.3 is 19.2 Å². The molecular formula is C18H24F3N3O5. The average Bonchev–Trinajstić information content (AvgIpc) is 3.19. The number of alkyl carbamates (subject to hydrolysis) is 1. The van der Waals surface area contributed by atoms with Crippen molar-refractivity contribution in [3.05, 3.63) is 11.8 Å². The van der Waals surface area contributed by atoms with Crippen LogP contribution >= 0.6 is 0 Å². The molecule has 2 unspecified atom stereocenters. The number of aromatic nitrogens is 2. The van der Waals surface area contributed by atoms with Crippen molar-refractivity contribution < 1.29 is 36.6 Å². The molecule has 4 rings (SSSR count).